The molecule has 0 fully saturated rings. The van der Waals surface area contributed by atoms with Crippen molar-refractivity contribution in [2.24, 2.45) is 0 Å². The van der Waals surface area contributed by atoms with Crippen LogP contribution in [0.1, 0.15) is 22.8 Å². The molecule has 0 aliphatic carbocycles. The fourth-order valence-corrected chi connectivity index (χ4v) is 4.03. The van der Waals surface area contributed by atoms with Gasteiger partial charge in [-0.1, -0.05) is 30.0 Å². The molecule has 1 aliphatic rings. The number of aryl methyl sites for hydroxylation is 1. The van der Waals surface area contributed by atoms with Gasteiger partial charge in [-0.3, -0.25) is 14.2 Å². The lowest BCUT2D eigenvalue weighted by molar-refractivity contribution is -0.118. The fraction of sp³-hybridized carbons (Fsp3) is 0.190. The normalized spacial score (nSPS) is 14.0. The number of Topliss-reactive ketones (excluding diaryl/α,β-unsaturated/α-hetero) is 1. The van der Waals surface area contributed by atoms with Crippen molar-refractivity contribution < 1.29 is 14.3 Å². The molecule has 0 saturated heterocycles. The molecule has 1 unspecified atom stereocenters. The van der Waals surface area contributed by atoms with Crippen LogP contribution >= 0.6 is 11.8 Å². The van der Waals surface area contributed by atoms with Crippen molar-refractivity contribution in [1.29, 1.82) is 0 Å². The number of thioether (sulfide) groups is 1. The van der Waals surface area contributed by atoms with E-state index in [0.717, 1.165) is 16.4 Å². The number of imidazole rings is 1. The fourth-order valence-electron chi connectivity index (χ4n) is 3.08. The summed E-state index contributed by atoms with van der Waals surface area (Å²) in [6, 6.07) is 13.2. The predicted octanol–water partition coefficient (Wildman–Crippen LogP) is 3.88. The Kier molecular flexibility index (Phi) is 4.92. The smallest absolute Gasteiger partial charge is 0.262 e. The highest BCUT2D eigenvalue weighted by Crippen LogP contribution is 2.31. The van der Waals surface area contributed by atoms with E-state index in [4.69, 9.17) is 4.74 Å². The Morgan fingerprint density at radius 3 is 2.93 bits per heavy atom. The van der Waals surface area contributed by atoms with Crippen LogP contribution in [-0.2, 0) is 4.79 Å². The highest BCUT2D eigenvalue weighted by molar-refractivity contribution is 8.00. The number of fused-ring (bicyclic) bond motifs is 1. The molecule has 3 aromatic rings. The van der Waals surface area contributed by atoms with E-state index in [1.807, 2.05) is 48.9 Å². The van der Waals surface area contributed by atoms with Crippen LogP contribution in [0.5, 0.6) is 5.75 Å². The third-order valence-electron chi connectivity index (χ3n) is 4.53. The first-order valence-electron chi connectivity index (χ1n) is 8.90. The number of ether oxygens (including phenoxy) is 1. The average Bonchev–Trinajstić information content (AvgIpc) is 3.15. The summed E-state index contributed by atoms with van der Waals surface area (Å²) in [6.07, 6.45) is 3.63. The van der Waals surface area contributed by atoms with E-state index >= 15 is 0 Å². The zero-order valence-corrected chi connectivity index (χ0v) is 16.3. The lowest BCUT2D eigenvalue weighted by atomic mass is 10.1. The van der Waals surface area contributed by atoms with Crippen molar-refractivity contribution in [2.75, 3.05) is 11.9 Å². The van der Waals surface area contributed by atoms with E-state index in [0.29, 0.717) is 17.0 Å². The number of nitrogens with zero attached hydrogens (tertiary/aromatic N) is 2. The number of amides is 1. The molecular formula is C21H19N3O3S. The maximum absolute atomic E-state index is 12.9. The van der Waals surface area contributed by atoms with Crippen LogP contribution < -0.4 is 10.1 Å². The van der Waals surface area contributed by atoms with Crippen LogP contribution in [-0.4, -0.2) is 33.1 Å². The Balaban J connectivity index is 1.55. The van der Waals surface area contributed by atoms with E-state index in [1.54, 1.807) is 24.4 Å². The maximum Gasteiger partial charge on any atom is 0.262 e. The van der Waals surface area contributed by atoms with E-state index in [1.165, 1.54) is 11.8 Å². The second-order valence-corrected chi connectivity index (χ2v) is 7.85. The summed E-state index contributed by atoms with van der Waals surface area (Å²) in [6.45, 7) is 3.90. The molecular weight excluding hydrogens is 374 g/mol. The summed E-state index contributed by atoms with van der Waals surface area (Å²) >= 11 is 1.40. The molecule has 6 nitrogen and oxygen atoms in total. The molecule has 2 heterocycles. The number of ketones is 1. The highest BCUT2D eigenvalue weighted by Gasteiger charge is 2.22. The Bertz CT molecular complexity index is 1060. The largest absolute Gasteiger partial charge is 0.482 e. The van der Waals surface area contributed by atoms with Gasteiger partial charge in [0.25, 0.3) is 5.91 Å². The molecule has 142 valence electrons. The Labute approximate surface area is 166 Å². The monoisotopic (exact) mass is 393 g/mol. The number of carbonyl (C=O) groups is 2. The van der Waals surface area contributed by atoms with Crippen molar-refractivity contribution in [2.45, 2.75) is 24.3 Å². The molecule has 0 bridgehead atoms. The minimum Gasteiger partial charge on any atom is -0.482 e. The molecule has 7 heteroatoms. The van der Waals surface area contributed by atoms with E-state index < -0.39 is 0 Å². The summed E-state index contributed by atoms with van der Waals surface area (Å²) in [4.78, 5) is 28.9. The summed E-state index contributed by atoms with van der Waals surface area (Å²) < 4.78 is 7.34. The van der Waals surface area contributed by atoms with Gasteiger partial charge in [-0.05, 0) is 43.7 Å². The number of hydrogen-bond donors (Lipinski definition) is 1. The number of anilines is 1. The molecule has 0 spiro atoms. The highest BCUT2D eigenvalue weighted by atomic mass is 32.2. The third-order valence-corrected chi connectivity index (χ3v) is 5.61. The molecule has 4 rings (SSSR count). The summed E-state index contributed by atoms with van der Waals surface area (Å²) in [5.41, 5.74) is 3.22. The summed E-state index contributed by atoms with van der Waals surface area (Å²) in [5.74, 6) is 0.318. The standard InChI is InChI=1S/C21H19N3O3S/c1-13-5-3-4-6-17(13)24-10-9-22-21(24)28-14(2)20(26)15-7-8-18-16(11-15)23-19(25)12-27-18/h3-11,14H,12H2,1-2H3,(H,23,25). The number of carbonyl (C=O) groups excluding carboxylic acids is 2. The van der Waals surface area contributed by atoms with Gasteiger partial charge in [0, 0.05) is 18.0 Å². The first-order chi connectivity index (χ1) is 13.5. The molecule has 1 aliphatic heterocycles. The zero-order valence-electron chi connectivity index (χ0n) is 15.5. The molecule has 0 radical (unpaired) electrons. The van der Waals surface area contributed by atoms with Crippen molar-refractivity contribution in [3.63, 3.8) is 0 Å². The summed E-state index contributed by atoms with van der Waals surface area (Å²) in [7, 11) is 0. The number of nitrogens with one attached hydrogen (secondary N) is 1. The van der Waals surface area contributed by atoms with Crippen LogP contribution in [0.3, 0.4) is 0 Å². The third kappa shape index (κ3) is 3.53. The molecule has 2 aromatic carbocycles. The Morgan fingerprint density at radius 1 is 1.29 bits per heavy atom. The van der Waals surface area contributed by atoms with Crippen molar-refractivity contribution in [3.05, 3.63) is 66.0 Å². The van der Waals surface area contributed by atoms with Crippen LogP contribution in [0.2, 0.25) is 0 Å². The van der Waals surface area contributed by atoms with Gasteiger partial charge in [-0.15, -0.1) is 0 Å². The van der Waals surface area contributed by atoms with Gasteiger partial charge in [0.2, 0.25) is 0 Å². The van der Waals surface area contributed by atoms with Crippen LogP contribution in [0, 0.1) is 6.92 Å². The van der Waals surface area contributed by atoms with Crippen LogP contribution in [0.4, 0.5) is 5.69 Å². The minimum atomic E-state index is -0.344. The number of aromatic nitrogens is 2. The van der Waals surface area contributed by atoms with Gasteiger partial charge in [-0.2, -0.15) is 0 Å². The van der Waals surface area contributed by atoms with Crippen LogP contribution in [0.15, 0.2) is 60.0 Å². The average molecular weight is 393 g/mol. The van der Waals surface area contributed by atoms with Gasteiger partial charge in [-0.25, -0.2) is 4.98 Å². The molecule has 0 saturated carbocycles. The second kappa shape index (κ2) is 7.52. The topological polar surface area (TPSA) is 73.2 Å². The van der Waals surface area contributed by atoms with E-state index in [9.17, 15) is 9.59 Å². The Morgan fingerprint density at radius 2 is 2.11 bits per heavy atom. The van der Waals surface area contributed by atoms with Gasteiger partial charge >= 0.3 is 0 Å². The van der Waals surface area contributed by atoms with E-state index in [-0.39, 0.29) is 23.5 Å². The molecule has 1 aromatic heterocycles. The molecule has 1 atom stereocenters. The number of rotatable bonds is 5. The van der Waals surface area contributed by atoms with E-state index in [2.05, 4.69) is 10.3 Å². The molecule has 28 heavy (non-hydrogen) atoms. The first-order valence-corrected chi connectivity index (χ1v) is 9.78. The van der Waals surface area contributed by atoms with Crippen molar-refractivity contribution in [1.82, 2.24) is 9.55 Å². The van der Waals surface area contributed by atoms with Crippen molar-refractivity contribution in [3.8, 4) is 11.4 Å². The predicted molar refractivity (Wildman–Crippen MR) is 109 cm³/mol. The molecule has 1 amide bonds. The second-order valence-electron chi connectivity index (χ2n) is 6.54. The van der Waals surface area contributed by atoms with Gasteiger partial charge in [0.05, 0.1) is 16.6 Å². The first kappa shape index (κ1) is 18.3. The van der Waals surface area contributed by atoms with Crippen LogP contribution in [0.25, 0.3) is 5.69 Å². The lowest BCUT2D eigenvalue weighted by Gasteiger charge is -2.19. The number of hydrogen-bond acceptors (Lipinski definition) is 5. The van der Waals surface area contributed by atoms with Gasteiger partial charge < -0.3 is 10.1 Å². The van der Waals surface area contributed by atoms with Gasteiger partial charge in [0.15, 0.2) is 17.5 Å². The minimum absolute atomic E-state index is 0.00584. The Hall–Kier alpha value is -3.06. The zero-order chi connectivity index (χ0) is 19.7. The SMILES string of the molecule is Cc1ccccc1-n1ccnc1SC(C)C(=O)c1ccc2c(c1)NC(=O)CO2. The number of benzene rings is 2. The molecule has 1 N–H and O–H groups in total. The number of para-hydroxylation sites is 1. The van der Waals surface area contributed by atoms with Crippen molar-refractivity contribution >= 4 is 29.1 Å². The maximum atomic E-state index is 12.9. The lowest BCUT2D eigenvalue weighted by Crippen LogP contribution is -2.25. The summed E-state index contributed by atoms with van der Waals surface area (Å²) in [5, 5.41) is 3.15. The quantitative estimate of drug-likeness (QED) is 0.526. The van der Waals surface area contributed by atoms with Gasteiger partial charge in [0.1, 0.15) is 5.75 Å².